The lowest BCUT2D eigenvalue weighted by molar-refractivity contribution is -0.123. The van der Waals surface area contributed by atoms with Gasteiger partial charge in [0.25, 0.3) is 0 Å². The van der Waals surface area contributed by atoms with Crippen LogP contribution in [0.1, 0.15) is 47.7 Å². The minimum absolute atomic E-state index is 0.0882. The molecule has 142 valence electrons. The average molecular weight is 365 g/mol. The molecule has 5 nitrogen and oxygen atoms in total. The van der Waals surface area contributed by atoms with Crippen molar-refractivity contribution in [3.8, 4) is 0 Å². The summed E-state index contributed by atoms with van der Waals surface area (Å²) in [6.45, 7) is 3.51. The normalized spacial score (nSPS) is 19.7. The van der Waals surface area contributed by atoms with Crippen LogP contribution in [0.5, 0.6) is 0 Å². The smallest absolute Gasteiger partial charge is 0.230 e. The minimum Gasteiger partial charge on any atom is -0.396 e. The highest BCUT2D eigenvalue weighted by Crippen LogP contribution is 2.49. The Balaban J connectivity index is 1.50. The van der Waals surface area contributed by atoms with Gasteiger partial charge in [-0.25, -0.2) is 0 Å². The number of anilines is 1. The lowest BCUT2D eigenvalue weighted by Gasteiger charge is -2.30. The largest absolute Gasteiger partial charge is 0.396 e. The van der Waals surface area contributed by atoms with Gasteiger partial charge in [0.05, 0.1) is 5.41 Å². The van der Waals surface area contributed by atoms with Gasteiger partial charge < -0.3 is 15.7 Å². The van der Waals surface area contributed by atoms with Crippen molar-refractivity contribution in [3.05, 3.63) is 64.7 Å². The SMILES string of the molecule is Cc1cccc([C@@H]2NCc3cc(C4(C(=O)NCCCO)CC4)ccc3N2)c1. The molecular formula is C22H27N3O2. The van der Waals surface area contributed by atoms with Crippen LogP contribution < -0.4 is 16.0 Å². The van der Waals surface area contributed by atoms with Gasteiger partial charge in [-0.2, -0.15) is 0 Å². The van der Waals surface area contributed by atoms with Crippen LogP contribution in [0.3, 0.4) is 0 Å². The van der Waals surface area contributed by atoms with Crippen LogP contribution in [0.25, 0.3) is 0 Å². The molecule has 1 aliphatic carbocycles. The van der Waals surface area contributed by atoms with Crippen molar-refractivity contribution < 1.29 is 9.90 Å². The van der Waals surface area contributed by atoms with Crippen LogP contribution >= 0.6 is 0 Å². The first kappa shape index (κ1) is 18.0. The van der Waals surface area contributed by atoms with Crippen LogP contribution in [0.15, 0.2) is 42.5 Å². The average Bonchev–Trinajstić information content (AvgIpc) is 3.49. The van der Waals surface area contributed by atoms with E-state index in [0.29, 0.717) is 13.0 Å². The maximum absolute atomic E-state index is 12.6. The fraction of sp³-hybridized carbons (Fsp3) is 0.409. The number of hydrogen-bond donors (Lipinski definition) is 4. The quantitative estimate of drug-likeness (QED) is 0.594. The summed E-state index contributed by atoms with van der Waals surface area (Å²) < 4.78 is 0. The number of carbonyl (C=O) groups excluding carboxylic acids is 1. The highest BCUT2D eigenvalue weighted by Gasteiger charge is 2.51. The van der Waals surface area contributed by atoms with E-state index in [0.717, 1.165) is 30.6 Å². The van der Waals surface area contributed by atoms with E-state index in [-0.39, 0.29) is 24.1 Å². The zero-order valence-corrected chi connectivity index (χ0v) is 15.7. The third kappa shape index (κ3) is 3.57. The Labute approximate surface area is 160 Å². The molecule has 0 aromatic heterocycles. The lowest BCUT2D eigenvalue weighted by atomic mass is 9.92. The van der Waals surface area contributed by atoms with Gasteiger partial charge in [0, 0.05) is 25.4 Å². The molecule has 27 heavy (non-hydrogen) atoms. The Morgan fingerprint density at radius 3 is 2.85 bits per heavy atom. The van der Waals surface area contributed by atoms with E-state index >= 15 is 0 Å². The Kier molecular flexibility index (Phi) is 4.89. The van der Waals surface area contributed by atoms with Gasteiger partial charge in [-0.1, -0.05) is 42.0 Å². The molecule has 0 bridgehead atoms. The molecule has 0 radical (unpaired) electrons. The van der Waals surface area contributed by atoms with Crippen LogP contribution in [0.4, 0.5) is 5.69 Å². The van der Waals surface area contributed by atoms with Gasteiger partial charge in [-0.15, -0.1) is 0 Å². The molecule has 1 amide bonds. The number of hydrogen-bond acceptors (Lipinski definition) is 4. The van der Waals surface area contributed by atoms with Crippen LogP contribution in [-0.2, 0) is 16.8 Å². The van der Waals surface area contributed by atoms with E-state index in [4.69, 9.17) is 5.11 Å². The summed E-state index contributed by atoms with van der Waals surface area (Å²) in [5, 5.41) is 19.0. The van der Waals surface area contributed by atoms with Crippen molar-refractivity contribution in [3.63, 3.8) is 0 Å². The third-order valence-electron chi connectivity index (χ3n) is 5.63. The molecule has 4 rings (SSSR count). The zero-order chi connectivity index (χ0) is 18.9. The maximum atomic E-state index is 12.6. The van der Waals surface area contributed by atoms with Crippen molar-refractivity contribution in [1.82, 2.24) is 10.6 Å². The van der Waals surface area contributed by atoms with Crippen molar-refractivity contribution in [2.45, 2.75) is 44.3 Å². The number of fused-ring (bicyclic) bond motifs is 1. The lowest BCUT2D eigenvalue weighted by Crippen LogP contribution is -2.36. The van der Waals surface area contributed by atoms with Gasteiger partial charge in [0.2, 0.25) is 5.91 Å². The standard InChI is InChI=1S/C22H27N3O2/c1-15-4-2-5-16(12-15)20-24-14-17-13-18(6-7-19(17)25-20)22(8-9-22)21(27)23-10-3-11-26/h2,4-7,12-13,20,24-26H,3,8-11,14H2,1H3,(H,23,27)/t20-/m1/s1. The molecule has 0 spiro atoms. The van der Waals surface area contributed by atoms with E-state index in [1.807, 2.05) is 0 Å². The molecule has 5 heteroatoms. The van der Waals surface area contributed by atoms with E-state index in [2.05, 4.69) is 65.3 Å². The fourth-order valence-corrected chi connectivity index (χ4v) is 3.87. The molecule has 0 saturated heterocycles. The third-order valence-corrected chi connectivity index (χ3v) is 5.63. The van der Waals surface area contributed by atoms with E-state index in [9.17, 15) is 4.79 Å². The minimum atomic E-state index is -0.377. The summed E-state index contributed by atoms with van der Waals surface area (Å²) in [7, 11) is 0. The summed E-state index contributed by atoms with van der Waals surface area (Å²) in [6, 6.07) is 14.9. The Bertz CT molecular complexity index is 845. The van der Waals surface area contributed by atoms with Gasteiger partial charge in [0.1, 0.15) is 6.17 Å². The monoisotopic (exact) mass is 365 g/mol. The van der Waals surface area contributed by atoms with Crippen LogP contribution in [0.2, 0.25) is 0 Å². The number of aryl methyl sites for hydroxylation is 1. The first-order valence-electron chi connectivity index (χ1n) is 9.71. The van der Waals surface area contributed by atoms with Crippen LogP contribution in [0, 0.1) is 6.92 Å². The highest BCUT2D eigenvalue weighted by atomic mass is 16.3. The Morgan fingerprint density at radius 2 is 2.11 bits per heavy atom. The first-order valence-corrected chi connectivity index (χ1v) is 9.71. The van der Waals surface area contributed by atoms with Crippen LogP contribution in [-0.4, -0.2) is 24.2 Å². The number of aliphatic hydroxyl groups excluding tert-OH is 1. The predicted molar refractivity (Wildman–Crippen MR) is 106 cm³/mol. The predicted octanol–water partition coefficient (Wildman–Crippen LogP) is 2.74. The zero-order valence-electron chi connectivity index (χ0n) is 15.7. The Morgan fingerprint density at radius 1 is 1.26 bits per heavy atom. The second-order valence-corrected chi connectivity index (χ2v) is 7.66. The molecule has 4 N–H and O–H groups in total. The molecule has 2 aromatic rings. The van der Waals surface area contributed by atoms with E-state index in [1.165, 1.54) is 16.7 Å². The fourth-order valence-electron chi connectivity index (χ4n) is 3.87. The molecule has 0 unspecified atom stereocenters. The van der Waals surface area contributed by atoms with E-state index < -0.39 is 0 Å². The Hall–Kier alpha value is -2.37. The number of rotatable bonds is 6. The number of nitrogens with one attached hydrogen (secondary N) is 3. The summed E-state index contributed by atoms with van der Waals surface area (Å²) >= 11 is 0. The van der Waals surface area contributed by atoms with Crippen molar-refractivity contribution in [2.24, 2.45) is 0 Å². The number of benzene rings is 2. The number of carbonyl (C=O) groups is 1. The highest BCUT2D eigenvalue weighted by molar-refractivity contribution is 5.91. The second-order valence-electron chi connectivity index (χ2n) is 7.66. The number of aliphatic hydroxyl groups is 1. The summed E-state index contributed by atoms with van der Waals surface area (Å²) in [5.74, 6) is 0.0882. The summed E-state index contributed by atoms with van der Waals surface area (Å²) in [4.78, 5) is 12.6. The van der Waals surface area contributed by atoms with Gasteiger partial charge in [-0.3, -0.25) is 10.1 Å². The summed E-state index contributed by atoms with van der Waals surface area (Å²) in [5.41, 5.74) is 5.52. The first-order chi connectivity index (χ1) is 13.1. The molecule has 1 atom stereocenters. The van der Waals surface area contributed by atoms with Gasteiger partial charge in [0.15, 0.2) is 0 Å². The van der Waals surface area contributed by atoms with Crippen molar-refractivity contribution >= 4 is 11.6 Å². The number of amides is 1. The van der Waals surface area contributed by atoms with Gasteiger partial charge in [-0.05, 0) is 48.9 Å². The van der Waals surface area contributed by atoms with Crippen molar-refractivity contribution in [1.29, 1.82) is 0 Å². The molecular weight excluding hydrogens is 338 g/mol. The molecule has 2 aromatic carbocycles. The topological polar surface area (TPSA) is 73.4 Å². The van der Waals surface area contributed by atoms with Crippen molar-refractivity contribution in [2.75, 3.05) is 18.5 Å². The molecule has 2 aliphatic rings. The maximum Gasteiger partial charge on any atom is 0.230 e. The van der Waals surface area contributed by atoms with E-state index in [1.54, 1.807) is 0 Å². The summed E-state index contributed by atoms with van der Waals surface area (Å²) in [6.07, 6.45) is 2.48. The molecule has 1 saturated carbocycles. The molecule has 1 heterocycles. The van der Waals surface area contributed by atoms with Gasteiger partial charge >= 0.3 is 0 Å². The molecule has 1 fully saturated rings. The second kappa shape index (κ2) is 7.33. The molecule has 1 aliphatic heterocycles.